The Kier molecular flexibility index (Phi) is 3.99. The number of benzene rings is 1. The van der Waals surface area contributed by atoms with Crippen molar-refractivity contribution < 1.29 is 13.6 Å². The highest BCUT2D eigenvalue weighted by molar-refractivity contribution is 9.10. The molecule has 0 aliphatic rings. The van der Waals surface area contributed by atoms with E-state index in [2.05, 4.69) is 21.2 Å². The SMILES string of the molecule is O=C(Nc1cc(F)c(Br)cc1F)c1sccc1Cl. The molecule has 1 aromatic carbocycles. The normalized spacial score (nSPS) is 10.4. The number of carbonyl (C=O) groups excluding carboxylic acids is 1. The van der Waals surface area contributed by atoms with E-state index in [0.29, 0.717) is 0 Å². The fourth-order valence-corrected chi connectivity index (χ4v) is 2.60. The largest absolute Gasteiger partial charge is 0.319 e. The van der Waals surface area contributed by atoms with Crippen LogP contribution in [0.15, 0.2) is 28.1 Å². The molecular weight excluding hydrogens is 348 g/mol. The predicted molar refractivity (Wildman–Crippen MR) is 71.3 cm³/mol. The zero-order chi connectivity index (χ0) is 13.3. The molecule has 0 unspecified atom stereocenters. The molecule has 1 heterocycles. The van der Waals surface area contributed by atoms with E-state index in [-0.39, 0.29) is 20.1 Å². The Morgan fingerprint density at radius 1 is 1.33 bits per heavy atom. The first-order valence-electron chi connectivity index (χ1n) is 4.68. The van der Waals surface area contributed by atoms with E-state index in [1.807, 2.05) is 0 Å². The number of thiophene rings is 1. The Morgan fingerprint density at radius 3 is 2.67 bits per heavy atom. The van der Waals surface area contributed by atoms with Gasteiger partial charge < -0.3 is 5.32 Å². The van der Waals surface area contributed by atoms with Crippen LogP contribution in [-0.2, 0) is 0 Å². The van der Waals surface area contributed by atoms with E-state index >= 15 is 0 Å². The smallest absolute Gasteiger partial charge is 0.267 e. The Balaban J connectivity index is 2.28. The first-order chi connectivity index (χ1) is 8.49. The maximum absolute atomic E-state index is 13.5. The Labute approximate surface area is 119 Å². The predicted octanol–water partition coefficient (Wildman–Crippen LogP) is 4.69. The Hall–Kier alpha value is -0.980. The summed E-state index contributed by atoms with van der Waals surface area (Å²) in [5.41, 5.74) is -0.231. The molecule has 2 aromatic rings. The first-order valence-corrected chi connectivity index (χ1v) is 6.73. The van der Waals surface area contributed by atoms with Crippen LogP contribution in [0.1, 0.15) is 9.67 Å². The molecule has 1 N–H and O–H groups in total. The fraction of sp³-hybridized carbons (Fsp3) is 0. The van der Waals surface area contributed by atoms with E-state index < -0.39 is 17.5 Å². The molecular formula is C11H5BrClF2NOS. The summed E-state index contributed by atoms with van der Waals surface area (Å²) >= 11 is 9.74. The number of amides is 1. The molecule has 94 valence electrons. The second-order valence-corrected chi connectivity index (χ2v) is 5.48. The Bertz CT molecular complexity index is 617. The van der Waals surface area contributed by atoms with Gasteiger partial charge in [-0.3, -0.25) is 4.79 Å². The summed E-state index contributed by atoms with van der Waals surface area (Å²) in [5, 5.41) is 4.18. The zero-order valence-corrected chi connectivity index (χ0v) is 11.8. The molecule has 0 bridgehead atoms. The molecule has 0 saturated carbocycles. The summed E-state index contributed by atoms with van der Waals surface area (Å²) in [5.74, 6) is -1.97. The van der Waals surface area contributed by atoms with E-state index in [1.165, 1.54) is 0 Å². The average molecular weight is 353 g/mol. The van der Waals surface area contributed by atoms with Crippen molar-refractivity contribution in [3.63, 3.8) is 0 Å². The third-order valence-corrected chi connectivity index (χ3v) is 4.03. The number of rotatable bonds is 2. The minimum Gasteiger partial charge on any atom is -0.319 e. The first kappa shape index (κ1) is 13.5. The van der Waals surface area contributed by atoms with Gasteiger partial charge in [0.25, 0.3) is 5.91 Å². The second kappa shape index (κ2) is 5.34. The second-order valence-electron chi connectivity index (χ2n) is 3.30. The van der Waals surface area contributed by atoms with E-state index in [1.54, 1.807) is 11.4 Å². The molecule has 0 saturated heterocycles. The number of anilines is 1. The molecule has 0 atom stereocenters. The summed E-state index contributed by atoms with van der Waals surface area (Å²) in [6, 6.07) is 3.40. The van der Waals surface area contributed by atoms with Gasteiger partial charge in [-0.1, -0.05) is 11.6 Å². The number of hydrogen-bond acceptors (Lipinski definition) is 2. The maximum atomic E-state index is 13.5. The van der Waals surface area contributed by atoms with Crippen LogP contribution in [0.3, 0.4) is 0 Å². The van der Waals surface area contributed by atoms with E-state index in [9.17, 15) is 13.6 Å². The zero-order valence-electron chi connectivity index (χ0n) is 8.64. The van der Waals surface area contributed by atoms with Crippen LogP contribution in [0.2, 0.25) is 5.02 Å². The Morgan fingerprint density at radius 2 is 2.06 bits per heavy atom. The average Bonchev–Trinajstić information content (AvgIpc) is 2.72. The molecule has 0 fully saturated rings. The monoisotopic (exact) mass is 351 g/mol. The van der Waals surface area contributed by atoms with Crippen molar-refractivity contribution in [3.8, 4) is 0 Å². The van der Waals surface area contributed by atoms with Crippen molar-refractivity contribution in [2.75, 3.05) is 5.32 Å². The number of nitrogens with one attached hydrogen (secondary N) is 1. The van der Waals surface area contributed by atoms with Crippen LogP contribution in [0.5, 0.6) is 0 Å². The van der Waals surface area contributed by atoms with Gasteiger partial charge in [0.2, 0.25) is 0 Å². The van der Waals surface area contributed by atoms with Crippen LogP contribution < -0.4 is 5.32 Å². The number of hydrogen-bond donors (Lipinski definition) is 1. The van der Waals surface area contributed by atoms with Gasteiger partial charge in [-0.2, -0.15) is 0 Å². The lowest BCUT2D eigenvalue weighted by Gasteiger charge is -2.06. The molecule has 7 heteroatoms. The molecule has 0 aliphatic heterocycles. The van der Waals surface area contributed by atoms with Crippen molar-refractivity contribution in [1.29, 1.82) is 0 Å². The molecule has 1 amide bonds. The number of halogens is 4. The molecule has 0 spiro atoms. The van der Waals surface area contributed by atoms with E-state index in [4.69, 9.17) is 11.6 Å². The van der Waals surface area contributed by atoms with Gasteiger partial charge in [0.1, 0.15) is 16.5 Å². The molecule has 18 heavy (non-hydrogen) atoms. The quantitative estimate of drug-likeness (QED) is 0.780. The molecule has 0 aliphatic carbocycles. The molecule has 1 aromatic heterocycles. The summed E-state index contributed by atoms with van der Waals surface area (Å²) in [4.78, 5) is 12.0. The van der Waals surface area contributed by atoms with Gasteiger partial charge >= 0.3 is 0 Å². The molecule has 0 radical (unpaired) electrons. The van der Waals surface area contributed by atoms with Gasteiger partial charge in [-0.15, -0.1) is 11.3 Å². The summed E-state index contributed by atoms with van der Waals surface area (Å²) in [6.45, 7) is 0. The van der Waals surface area contributed by atoms with Crippen molar-refractivity contribution in [1.82, 2.24) is 0 Å². The van der Waals surface area contributed by atoms with Gasteiger partial charge in [0.05, 0.1) is 15.2 Å². The highest BCUT2D eigenvalue weighted by atomic mass is 79.9. The highest BCUT2D eigenvalue weighted by Gasteiger charge is 2.15. The van der Waals surface area contributed by atoms with Crippen molar-refractivity contribution in [2.24, 2.45) is 0 Å². The third kappa shape index (κ3) is 2.71. The standard InChI is InChI=1S/C11H5BrClF2NOS/c12-5-3-8(15)9(4-7(5)14)16-11(17)10-6(13)1-2-18-10/h1-4H,(H,16,17). The minimum absolute atomic E-state index is 0.00726. The summed E-state index contributed by atoms with van der Waals surface area (Å²) in [6.07, 6.45) is 0. The van der Waals surface area contributed by atoms with Gasteiger partial charge in [0, 0.05) is 6.07 Å². The highest BCUT2D eigenvalue weighted by Crippen LogP contribution is 2.26. The topological polar surface area (TPSA) is 29.1 Å². The van der Waals surface area contributed by atoms with E-state index in [0.717, 1.165) is 23.5 Å². The van der Waals surface area contributed by atoms with Crippen LogP contribution >= 0.6 is 38.9 Å². The molecule has 2 nitrogen and oxygen atoms in total. The van der Waals surface area contributed by atoms with Crippen LogP contribution in [0, 0.1) is 11.6 Å². The van der Waals surface area contributed by atoms with Gasteiger partial charge in [-0.25, -0.2) is 8.78 Å². The van der Waals surface area contributed by atoms with Crippen LogP contribution in [0.25, 0.3) is 0 Å². The maximum Gasteiger partial charge on any atom is 0.267 e. The van der Waals surface area contributed by atoms with Crippen LogP contribution in [-0.4, -0.2) is 5.91 Å². The lowest BCUT2D eigenvalue weighted by molar-refractivity contribution is 0.103. The lowest BCUT2D eigenvalue weighted by Crippen LogP contribution is -2.12. The molecule has 2 rings (SSSR count). The van der Waals surface area contributed by atoms with Gasteiger partial charge in [-0.05, 0) is 33.4 Å². The lowest BCUT2D eigenvalue weighted by atomic mass is 10.3. The van der Waals surface area contributed by atoms with Crippen molar-refractivity contribution in [3.05, 3.63) is 49.6 Å². The fourth-order valence-electron chi connectivity index (χ4n) is 1.25. The van der Waals surface area contributed by atoms with Gasteiger partial charge in [0.15, 0.2) is 0 Å². The third-order valence-electron chi connectivity index (χ3n) is 2.08. The van der Waals surface area contributed by atoms with Crippen LogP contribution in [0.4, 0.5) is 14.5 Å². The van der Waals surface area contributed by atoms with Crippen molar-refractivity contribution >= 4 is 50.5 Å². The summed E-state index contributed by atoms with van der Waals surface area (Å²) < 4.78 is 26.7. The summed E-state index contributed by atoms with van der Waals surface area (Å²) in [7, 11) is 0. The minimum atomic E-state index is -0.732. The van der Waals surface area contributed by atoms with Crippen molar-refractivity contribution in [2.45, 2.75) is 0 Å². The number of carbonyl (C=O) groups is 1.